The Morgan fingerprint density at radius 1 is 0.867 bits per heavy atom. The van der Waals surface area contributed by atoms with Gasteiger partial charge in [0.05, 0.1) is 11.3 Å². The Labute approximate surface area is 92.1 Å². The highest BCUT2D eigenvalue weighted by atomic mass is 31.1. The Hall–Kier alpha value is 0.215. The second-order valence-electron chi connectivity index (χ2n) is 5.83. The minimum Gasteiger partial charge on any atom is -0.418 e. The zero-order valence-corrected chi connectivity index (χ0v) is 11.5. The molecule has 0 aliphatic carbocycles. The zero-order valence-electron chi connectivity index (χ0n) is 10.4. The normalized spacial score (nSPS) is 14.0. The highest BCUT2D eigenvalue weighted by Crippen LogP contribution is 2.35. The van der Waals surface area contributed by atoms with Gasteiger partial charge in [0.25, 0.3) is 0 Å². The minimum absolute atomic E-state index is 0.544. The Bertz CT molecular complexity index is 146. The molecule has 6 heteroatoms. The minimum atomic E-state index is -6.00. The predicted molar refractivity (Wildman–Crippen MR) is 64.0 cm³/mol. The van der Waals surface area contributed by atoms with Crippen molar-refractivity contribution in [2.45, 2.75) is 46.7 Å². The molecule has 0 saturated carbocycles. The van der Waals surface area contributed by atoms with Crippen molar-refractivity contribution in [2.24, 2.45) is 5.41 Å². The first-order valence-electron chi connectivity index (χ1n) is 4.92. The molecule has 0 spiro atoms. The van der Waals surface area contributed by atoms with Gasteiger partial charge in [-0.2, -0.15) is 0 Å². The molecular weight excluding hydrogens is 226 g/mol. The maximum Gasteiger partial charge on any atom is 0.673 e. The topological polar surface area (TPSA) is 0 Å². The molecule has 0 bridgehead atoms. The van der Waals surface area contributed by atoms with Gasteiger partial charge in [0.15, 0.2) is 0 Å². The molecule has 1 unspecified atom stereocenters. The van der Waals surface area contributed by atoms with E-state index >= 15 is 0 Å². The molecule has 0 amide bonds. The number of rotatable bonds is 1. The van der Waals surface area contributed by atoms with Gasteiger partial charge in [-0.15, -0.1) is 0 Å². The fraction of sp³-hybridized carbons (Fsp3) is 1.00. The maximum atomic E-state index is 9.75. The van der Waals surface area contributed by atoms with Crippen molar-refractivity contribution < 1.29 is 17.3 Å². The Balaban J connectivity index is 0. The van der Waals surface area contributed by atoms with Crippen LogP contribution in [0.25, 0.3) is 0 Å². The van der Waals surface area contributed by atoms with Gasteiger partial charge in [-0.1, -0.05) is 20.8 Å². The molecular formula is C9H22BF4P. The first kappa shape index (κ1) is 17.6. The molecule has 0 nitrogen and oxygen atoms in total. The van der Waals surface area contributed by atoms with E-state index in [0.717, 1.165) is 0 Å². The van der Waals surface area contributed by atoms with Crippen LogP contribution in [0.4, 0.5) is 17.3 Å². The zero-order chi connectivity index (χ0) is 12.9. The molecule has 94 valence electrons. The summed E-state index contributed by atoms with van der Waals surface area (Å²) in [5, 5.41) is 0.591. The van der Waals surface area contributed by atoms with E-state index in [1.165, 1.54) is 6.16 Å². The summed E-state index contributed by atoms with van der Waals surface area (Å²) >= 11 is 0. The van der Waals surface area contributed by atoms with Crippen LogP contribution < -0.4 is 0 Å². The summed E-state index contributed by atoms with van der Waals surface area (Å²) in [4.78, 5) is 0. The molecule has 0 rings (SSSR count). The van der Waals surface area contributed by atoms with Crippen LogP contribution in [-0.4, -0.2) is 18.6 Å². The van der Waals surface area contributed by atoms with Gasteiger partial charge >= 0.3 is 7.25 Å². The predicted octanol–water partition coefficient (Wildman–Crippen LogP) is 4.54. The third-order valence-corrected chi connectivity index (χ3v) is 3.98. The van der Waals surface area contributed by atoms with Crippen LogP contribution in [-0.2, 0) is 0 Å². The lowest BCUT2D eigenvalue weighted by atomic mass is 10.0. The number of hydrogen-bond donors (Lipinski definition) is 0. The Kier molecular flexibility index (Phi) is 7.13. The average molecular weight is 248 g/mol. The Morgan fingerprint density at radius 2 is 1.13 bits per heavy atom. The summed E-state index contributed by atoms with van der Waals surface area (Å²) in [7, 11) is -5.38. The van der Waals surface area contributed by atoms with Crippen LogP contribution >= 0.6 is 8.58 Å². The van der Waals surface area contributed by atoms with Gasteiger partial charge in [0.1, 0.15) is 0 Å². The van der Waals surface area contributed by atoms with Crippen molar-refractivity contribution in [1.29, 1.82) is 0 Å². The van der Waals surface area contributed by atoms with E-state index in [9.17, 15) is 17.3 Å². The lowest BCUT2D eigenvalue weighted by molar-refractivity contribution is 0.368. The van der Waals surface area contributed by atoms with Crippen LogP contribution in [0, 0.1) is 5.41 Å². The van der Waals surface area contributed by atoms with E-state index in [1.807, 2.05) is 0 Å². The second-order valence-corrected chi connectivity index (χ2v) is 8.38. The van der Waals surface area contributed by atoms with Crippen molar-refractivity contribution in [3.63, 3.8) is 0 Å². The average Bonchev–Trinajstić information content (AvgIpc) is 1.76. The molecule has 0 fully saturated rings. The molecule has 1 atom stereocenters. The Morgan fingerprint density at radius 3 is 1.20 bits per heavy atom. The van der Waals surface area contributed by atoms with Crippen molar-refractivity contribution in [3.8, 4) is 0 Å². The smallest absolute Gasteiger partial charge is 0.418 e. The van der Waals surface area contributed by atoms with Gasteiger partial charge in [-0.05, 0) is 34.8 Å². The summed E-state index contributed by atoms with van der Waals surface area (Å²) in [6.07, 6.45) is 1.41. The van der Waals surface area contributed by atoms with Crippen LogP contribution in [0.5, 0.6) is 0 Å². The highest BCUT2D eigenvalue weighted by Gasteiger charge is 2.22. The largest absolute Gasteiger partial charge is 0.673 e. The first-order chi connectivity index (χ1) is 6.21. The summed E-state index contributed by atoms with van der Waals surface area (Å²) in [5.74, 6) is 0. The van der Waals surface area contributed by atoms with Crippen molar-refractivity contribution in [3.05, 3.63) is 0 Å². The molecule has 0 aromatic rings. The van der Waals surface area contributed by atoms with Gasteiger partial charge < -0.3 is 17.3 Å². The van der Waals surface area contributed by atoms with E-state index in [4.69, 9.17) is 0 Å². The summed E-state index contributed by atoms with van der Waals surface area (Å²) in [5.41, 5.74) is 0.544. The number of halogens is 4. The van der Waals surface area contributed by atoms with Gasteiger partial charge in [-0.3, -0.25) is 0 Å². The van der Waals surface area contributed by atoms with E-state index < -0.39 is 7.25 Å². The van der Waals surface area contributed by atoms with Crippen LogP contribution in [0.3, 0.4) is 0 Å². The molecule has 0 N–H and O–H groups in total. The lowest BCUT2D eigenvalue weighted by Crippen LogP contribution is -2.14. The van der Waals surface area contributed by atoms with Crippen LogP contribution in [0.2, 0.25) is 0 Å². The SMILES string of the molecule is CC(C)(C)C[PH2+]C(C)(C)C.F[B-](F)(F)F. The highest BCUT2D eigenvalue weighted by molar-refractivity contribution is 7.39. The van der Waals surface area contributed by atoms with Gasteiger partial charge in [0.2, 0.25) is 0 Å². The molecule has 15 heavy (non-hydrogen) atoms. The number of hydrogen-bond acceptors (Lipinski definition) is 0. The maximum absolute atomic E-state index is 9.75. The van der Waals surface area contributed by atoms with E-state index in [1.54, 1.807) is 0 Å². The monoisotopic (exact) mass is 248 g/mol. The van der Waals surface area contributed by atoms with E-state index in [0.29, 0.717) is 19.2 Å². The first-order valence-corrected chi connectivity index (χ1v) is 6.32. The molecule has 0 radical (unpaired) electrons. The fourth-order valence-electron chi connectivity index (χ4n) is 0.612. The van der Waals surface area contributed by atoms with Crippen molar-refractivity contribution in [2.75, 3.05) is 6.16 Å². The molecule has 0 aliphatic rings. The summed E-state index contributed by atoms with van der Waals surface area (Å²) in [6, 6.07) is 0. The standard InChI is InChI=1S/C9H21P.BF4/c1-8(2,3)7-10-9(4,5)6;2-1(3,4)5/h10H,7H2,1-6H3;/q;-1/p+1. The third-order valence-electron chi connectivity index (χ3n) is 1.33. The molecule has 0 saturated heterocycles. The summed E-state index contributed by atoms with van der Waals surface area (Å²) < 4.78 is 39.0. The van der Waals surface area contributed by atoms with Crippen LogP contribution in [0.1, 0.15) is 41.5 Å². The molecule has 0 aromatic carbocycles. The van der Waals surface area contributed by atoms with E-state index in [-0.39, 0.29) is 0 Å². The summed E-state index contributed by atoms with van der Waals surface area (Å²) in [6.45, 7) is 14.0. The van der Waals surface area contributed by atoms with Crippen LogP contribution in [0.15, 0.2) is 0 Å². The van der Waals surface area contributed by atoms with E-state index in [2.05, 4.69) is 41.5 Å². The molecule has 0 heterocycles. The van der Waals surface area contributed by atoms with Gasteiger partial charge in [-0.25, -0.2) is 0 Å². The quantitative estimate of drug-likeness (QED) is 0.363. The second kappa shape index (κ2) is 6.07. The van der Waals surface area contributed by atoms with Gasteiger partial charge in [0, 0.05) is 0 Å². The van der Waals surface area contributed by atoms with Crippen molar-refractivity contribution >= 4 is 15.8 Å². The van der Waals surface area contributed by atoms with Crippen molar-refractivity contribution in [1.82, 2.24) is 0 Å². The lowest BCUT2D eigenvalue weighted by Gasteiger charge is -2.19. The third kappa shape index (κ3) is 40.7. The fourth-order valence-corrected chi connectivity index (χ4v) is 1.84. The molecule has 0 aromatic heterocycles. The molecule has 0 aliphatic heterocycles.